The van der Waals surface area contributed by atoms with Gasteiger partial charge in [0.25, 0.3) is 0 Å². The molecule has 0 bridgehead atoms. The third kappa shape index (κ3) is 4.55. The van der Waals surface area contributed by atoms with E-state index >= 15 is 0 Å². The lowest BCUT2D eigenvalue weighted by Gasteiger charge is -2.28. The highest BCUT2D eigenvalue weighted by Gasteiger charge is 2.28. The fraction of sp³-hybridized carbons (Fsp3) is 0.611. The largest absolute Gasteiger partial charge is 0.387 e. The minimum Gasteiger partial charge on any atom is -0.387 e. The van der Waals surface area contributed by atoms with Crippen molar-refractivity contribution in [3.63, 3.8) is 0 Å². The fourth-order valence-electron chi connectivity index (χ4n) is 2.86. The van der Waals surface area contributed by atoms with Gasteiger partial charge in [0.15, 0.2) is 0 Å². The normalized spacial score (nSPS) is 18.8. The van der Waals surface area contributed by atoms with Crippen LogP contribution in [0.4, 0.5) is 0 Å². The number of hydrogen-bond acceptors (Lipinski definition) is 3. The minimum absolute atomic E-state index is 0.220. The molecule has 0 aromatic heterocycles. The van der Waals surface area contributed by atoms with Gasteiger partial charge >= 0.3 is 0 Å². The van der Waals surface area contributed by atoms with E-state index in [1.807, 2.05) is 56.0 Å². The molecule has 1 aliphatic heterocycles. The summed E-state index contributed by atoms with van der Waals surface area (Å²) in [5.41, 5.74) is 0.632. The van der Waals surface area contributed by atoms with Crippen LogP contribution in [-0.2, 0) is 4.79 Å². The Morgan fingerprint density at radius 1 is 1.14 bits per heavy atom. The maximum atomic E-state index is 12.4. The summed E-state index contributed by atoms with van der Waals surface area (Å²) in [5.74, 6) is 0.220. The van der Waals surface area contributed by atoms with E-state index in [2.05, 4.69) is 4.90 Å². The second kappa shape index (κ2) is 7.25. The Kier molecular flexibility index (Phi) is 5.59. The van der Waals surface area contributed by atoms with Crippen LogP contribution in [0.3, 0.4) is 0 Å². The van der Waals surface area contributed by atoms with E-state index in [4.69, 9.17) is 0 Å². The SMILES string of the molecule is CC(C)(C)C(=O)N1CCCN(C[C@@H](O)c2ccccc2)CC1. The standard InChI is InChI=1S/C18H28N2O2/c1-18(2,3)17(22)20-11-7-10-19(12-13-20)14-16(21)15-8-5-4-6-9-15/h4-6,8-9,16,21H,7,10-14H2,1-3H3/t16-/m1/s1. The number of amides is 1. The van der Waals surface area contributed by atoms with Crippen molar-refractivity contribution in [3.8, 4) is 0 Å². The van der Waals surface area contributed by atoms with Crippen LogP contribution in [-0.4, -0.2) is 53.5 Å². The van der Waals surface area contributed by atoms with Crippen LogP contribution in [0, 0.1) is 5.41 Å². The first-order valence-corrected chi connectivity index (χ1v) is 8.12. The monoisotopic (exact) mass is 304 g/mol. The average Bonchev–Trinajstić information content (AvgIpc) is 2.72. The Morgan fingerprint density at radius 2 is 1.82 bits per heavy atom. The van der Waals surface area contributed by atoms with Crippen molar-refractivity contribution in [2.75, 3.05) is 32.7 Å². The topological polar surface area (TPSA) is 43.8 Å². The van der Waals surface area contributed by atoms with E-state index in [-0.39, 0.29) is 11.3 Å². The van der Waals surface area contributed by atoms with E-state index in [1.165, 1.54) is 0 Å². The molecule has 1 N–H and O–H groups in total. The van der Waals surface area contributed by atoms with Gasteiger partial charge < -0.3 is 10.0 Å². The van der Waals surface area contributed by atoms with E-state index in [0.717, 1.165) is 38.2 Å². The Bertz CT molecular complexity index is 482. The molecule has 122 valence electrons. The Balaban J connectivity index is 1.89. The molecule has 1 aromatic carbocycles. The summed E-state index contributed by atoms with van der Waals surface area (Å²) in [5, 5.41) is 10.3. The van der Waals surface area contributed by atoms with Gasteiger partial charge in [-0.15, -0.1) is 0 Å². The Morgan fingerprint density at radius 3 is 2.45 bits per heavy atom. The van der Waals surface area contributed by atoms with E-state index in [9.17, 15) is 9.90 Å². The zero-order valence-corrected chi connectivity index (χ0v) is 14.0. The van der Waals surface area contributed by atoms with Gasteiger partial charge in [0.2, 0.25) is 5.91 Å². The van der Waals surface area contributed by atoms with Crippen molar-refractivity contribution < 1.29 is 9.90 Å². The molecule has 4 nitrogen and oxygen atoms in total. The van der Waals surface area contributed by atoms with Crippen LogP contribution in [0.1, 0.15) is 38.9 Å². The number of hydrogen-bond donors (Lipinski definition) is 1. The number of aliphatic hydroxyl groups is 1. The number of β-amino-alcohol motifs (C(OH)–C–C–N with tert-alkyl or cyclic N) is 1. The second-order valence-corrected chi connectivity index (χ2v) is 7.12. The lowest BCUT2D eigenvalue weighted by molar-refractivity contribution is -0.139. The van der Waals surface area contributed by atoms with Crippen molar-refractivity contribution in [1.29, 1.82) is 0 Å². The predicted molar refractivity (Wildman–Crippen MR) is 88.5 cm³/mol. The van der Waals surface area contributed by atoms with Crippen molar-refractivity contribution >= 4 is 5.91 Å². The molecule has 0 radical (unpaired) electrons. The highest BCUT2D eigenvalue weighted by atomic mass is 16.3. The highest BCUT2D eigenvalue weighted by Crippen LogP contribution is 2.20. The molecule has 2 rings (SSSR count). The van der Waals surface area contributed by atoms with Crippen LogP contribution in [0.2, 0.25) is 0 Å². The van der Waals surface area contributed by atoms with Gasteiger partial charge in [-0.3, -0.25) is 9.69 Å². The van der Waals surface area contributed by atoms with Crippen molar-refractivity contribution in [3.05, 3.63) is 35.9 Å². The van der Waals surface area contributed by atoms with E-state index in [1.54, 1.807) is 0 Å². The molecule has 1 saturated heterocycles. The van der Waals surface area contributed by atoms with Gasteiger partial charge in [-0.05, 0) is 12.0 Å². The van der Waals surface area contributed by atoms with Crippen LogP contribution in [0.5, 0.6) is 0 Å². The zero-order valence-electron chi connectivity index (χ0n) is 14.0. The number of aliphatic hydroxyl groups excluding tert-OH is 1. The number of benzene rings is 1. The molecule has 1 aliphatic rings. The molecule has 0 aliphatic carbocycles. The van der Waals surface area contributed by atoms with Crippen LogP contribution < -0.4 is 0 Å². The van der Waals surface area contributed by atoms with Crippen LogP contribution in [0.25, 0.3) is 0 Å². The zero-order chi connectivity index (χ0) is 16.2. The van der Waals surface area contributed by atoms with Gasteiger partial charge in [-0.1, -0.05) is 51.1 Å². The van der Waals surface area contributed by atoms with Gasteiger partial charge in [-0.25, -0.2) is 0 Å². The molecule has 0 unspecified atom stereocenters. The quantitative estimate of drug-likeness (QED) is 0.932. The van der Waals surface area contributed by atoms with Gasteiger partial charge in [0, 0.05) is 38.1 Å². The summed E-state index contributed by atoms with van der Waals surface area (Å²) in [7, 11) is 0. The van der Waals surface area contributed by atoms with Crippen molar-refractivity contribution in [2.24, 2.45) is 5.41 Å². The number of carbonyl (C=O) groups is 1. The third-order valence-corrected chi connectivity index (χ3v) is 4.13. The Hall–Kier alpha value is -1.39. The average molecular weight is 304 g/mol. The molecule has 0 spiro atoms. The number of rotatable bonds is 3. The summed E-state index contributed by atoms with van der Waals surface area (Å²) < 4.78 is 0. The first kappa shape index (κ1) is 17.0. The van der Waals surface area contributed by atoms with Gasteiger partial charge in [-0.2, -0.15) is 0 Å². The minimum atomic E-state index is -0.467. The molecule has 1 amide bonds. The van der Waals surface area contributed by atoms with Crippen LogP contribution in [0.15, 0.2) is 30.3 Å². The molecule has 1 heterocycles. The third-order valence-electron chi connectivity index (χ3n) is 4.13. The lowest BCUT2D eigenvalue weighted by Crippen LogP contribution is -2.41. The number of nitrogens with zero attached hydrogens (tertiary/aromatic N) is 2. The maximum absolute atomic E-state index is 12.4. The number of carbonyl (C=O) groups excluding carboxylic acids is 1. The predicted octanol–water partition coefficient (Wildman–Crippen LogP) is 2.30. The maximum Gasteiger partial charge on any atom is 0.227 e. The Labute approximate surface area is 133 Å². The first-order valence-electron chi connectivity index (χ1n) is 8.12. The summed E-state index contributed by atoms with van der Waals surface area (Å²) in [6.07, 6.45) is 0.495. The molecule has 4 heteroatoms. The summed E-state index contributed by atoms with van der Waals surface area (Å²) in [6, 6.07) is 9.77. The fourth-order valence-corrected chi connectivity index (χ4v) is 2.86. The molecule has 1 atom stereocenters. The lowest BCUT2D eigenvalue weighted by atomic mass is 9.94. The van der Waals surface area contributed by atoms with Gasteiger partial charge in [0.1, 0.15) is 0 Å². The summed E-state index contributed by atoms with van der Waals surface area (Å²) in [4.78, 5) is 16.6. The first-order chi connectivity index (χ1) is 10.4. The van der Waals surface area contributed by atoms with E-state index < -0.39 is 6.10 Å². The molecular weight excluding hydrogens is 276 g/mol. The van der Waals surface area contributed by atoms with Gasteiger partial charge in [0.05, 0.1) is 6.10 Å². The summed E-state index contributed by atoms with van der Waals surface area (Å²) in [6.45, 7) is 9.85. The smallest absolute Gasteiger partial charge is 0.227 e. The highest BCUT2D eigenvalue weighted by molar-refractivity contribution is 5.81. The molecule has 22 heavy (non-hydrogen) atoms. The molecule has 1 fully saturated rings. The molecular formula is C18H28N2O2. The molecule has 1 aromatic rings. The summed E-state index contributed by atoms with van der Waals surface area (Å²) >= 11 is 0. The second-order valence-electron chi connectivity index (χ2n) is 7.12. The van der Waals surface area contributed by atoms with Crippen molar-refractivity contribution in [2.45, 2.75) is 33.3 Å². The molecule has 0 saturated carbocycles. The van der Waals surface area contributed by atoms with E-state index in [0.29, 0.717) is 6.54 Å². The van der Waals surface area contributed by atoms with Crippen LogP contribution >= 0.6 is 0 Å². The van der Waals surface area contributed by atoms with Crippen molar-refractivity contribution in [1.82, 2.24) is 9.80 Å².